The maximum Gasteiger partial charge on any atom is 0.142 e. The average Bonchev–Trinajstić information content (AvgIpc) is 2.46. The molecule has 0 N–H and O–H groups in total. The maximum absolute atomic E-state index is 5.82. The van der Waals surface area contributed by atoms with Gasteiger partial charge in [0.15, 0.2) is 0 Å². The van der Waals surface area contributed by atoms with Crippen LogP contribution >= 0.6 is 11.6 Å². The molecular weight excluding hydrogens is 258 g/mol. The summed E-state index contributed by atoms with van der Waals surface area (Å²) in [4.78, 5) is 5.29. The summed E-state index contributed by atoms with van der Waals surface area (Å²) in [5, 5.41) is 4.74. The molecule has 0 aliphatic heterocycles. The van der Waals surface area contributed by atoms with Crippen molar-refractivity contribution in [1.29, 1.82) is 0 Å². The second-order valence-corrected chi connectivity index (χ2v) is 4.62. The molecular formula is C16H16ClNO. The minimum absolute atomic E-state index is 0.446. The molecule has 2 aromatic rings. The lowest BCUT2D eigenvalue weighted by atomic mass is 10.1. The highest BCUT2D eigenvalue weighted by atomic mass is 35.5. The van der Waals surface area contributed by atoms with Crippen molar-refractivity contribution >= 4 is 17.8 Å². The molecule has 0 aromatic heterocycles. The molecule has 0 bridgehead atoms. The van der Waals surface area contributed by atoms with Crippen molar-refractivity contribution < 1.29 is 4.84 Å². The molecule has 98 valence electrons. The molecule has 0 radical (unpaired) electrons. The van der Waals surface area contributed by atoms with Crippen molar-refractivity contribution in [2.45, 2.75) is 20.0 Å². The number of oxime groups is 1. The predicted octanol–water partition coefficient (Wildman–Crippen LogP) is 4.45. The monoisotopic (exact) mass is 273 g/mol. The summed E-state index contributed by atoms with van der Waals surface area (Å²) < 4.78 is 0. The van der Waals surface area contributed by atoms with Crippen LogP contribution < -0.4 is 0 Å². The third kappa shape index (κ3) is 4.11. The van der Waals surface area contributed by atoms with E-state index in [0.717, 1.165) is 22.6 Å². The summed E-state index contributed by atoms with van der Waals surface area (Å²) in [7, 11) is 0. The SMILES string of the molecule is CCc1ccccc1C=NOCc1ccc(Cl)cc1. The highest BCUT2D eigenvalue weighted by Crippen LogP contribution is 2.10. The smallest absolute Gasteiger partial charge is 0.142 e. The summed E-state index contributed by atoms with van der Waals surface area (Å²) in [5.41, 5.74) is 3.41. The lowest BCUT2D eigenvalue weighted by Crippen LogP contribution is -1.92. The van der Waals surface area contributed by atoms with E-state index in [0.29, 0.717) is 6.61 Å². The van der Waals surface area contributed by atoms with Gasteiger partial charge < -0.3 is 4.84 Å². The third-order valence-corrected chi connectivity index (χ3v) is 3.10. The van der Waals surface area contributed by atoms with Gasteiger partial charge in [-0.2, -0.15) is 0 Å². The van der Waals surface area contributed by atoms with Gasteiger partial charge in [0.05, 0.1) is 6.21 Å². The van der Waals surface area contributed by atoms with E-state index < -0.39 is 0 Å². The van der Waals surface area contributed by atoms with Crippen molar-refractivity contribution in [1.82, 2.24) is 0 Å². The molecule has 3 heteroatoms. The van der Waals surface area contributed by atoms with Crippen LogP contribution in [0.3, 0.4) is 0 Å². The summed E-state index contributed by atoms with van der Waals surface area (Å²) in [6.45, 7) is 2.57. The Balaban J connectivity index is 1.91. The minimum atomic E-state index is 0.446. The van der Waals surface area contributed by atoms with E-state index in [1.54, 1.807) is 6.21 Å². The first-order valence-corrected chi connectivity index (χ1v) is 6.65. The molecule has 0 heterocycles. The summed E-state index contributed by atoms with van der Waals surface area (Å²) >= 11 is 5.82. The number of rotatable bonds is 5. The molecule has 0 saturated carbocycles. The number of aryl methyl sites for hydroxylation is 1. The predicted molar refractivity (Wildman–Crippen MR) is 79.7 cm³/mol. The Morgan fingerprint density at radius 3 is 2.58 bits per heavy atom. The van der Waals surface area contributed by atoms with Crippen molar-refractivity contribution in [3.8, 4) is 0 Å². The normalized spacial score (nSPS) is 10.8. The van der Waals surface area contributed by atoms with Crippen LogP contribution in [0.1, 0.15) is 23.6 Å². The van der Waals surface area contributed by atoms with E-state index in [4.69, 9.17) is 16.4 Å². The molecule has 0 unspecified atom stereocenters. The summed E-state index contributed by atoms with van der Waals surface area (Å²) in [6, 6.07) is 15.7. The summed E-state index contributed by atoms with van der Waals surface area (Å²) in [6.07, 6.45) is 2.74. The average molecular weight is 274 g/mol. The van der Waals surface area contributed by atoms with Gasteiger partial charge in [-0.25, -0.2) is 0 Å². The molecule has 0 spiro atoms. The number of benzene rings is 2. The molecule has 0 atom stereocenters. The summed E-state index contributed by atoms with van der Waals surface area (Å²) in [5.74, 6) is 0. The van der Waals surface area contributed by atoms with Crippen LogP contribution in [0.5, 0.6) is 0 Å². The quantitative estimate of drug-likeness (QED) is 0.582. The number of halogens is 1. The molecule has 2 aromatic carbocycles. The fourth-order valence-electron chi connectivity index (χ4n) is 1.77. The molecule has 19 heavy (non-hydrogen) atoms. The molecule has 0 amide bonds. The van der Waals surface area contributed by atoms with Gasteiger partial charge in [0.1, 0.15) is 6.61 Å². The standard InChI is InChI=1S/C16H16ClNO/c1-2-14-5-3-4-6-15(14)11-18-19-12-13-7-9-16(17)10-8-13/h3-11H,2,12H2,1H3. The van der Waals surface area contributed by atoms with E-state index in [9.17, 15) is 0 Å². The fourth-order valence-corrected chi connectivity index (χ4v) is 1.89. The van der Waals surface area contributed by atoms with E-state index >= 15 is 0 Å². The van der Waals surface area contributed by atoms with Crippen LogP contribution in [0.25, 0.3) is 0 Å². The number of nitrogens with zero attached hydrogens (tertiary/aromatic N) is 1. The Labute approximate surface area is 118 Å². The van der Waals surface area contributed by atoms with Crippen LogP contribution in [0.2, 0.25) is 5.02 Å². The van der Waals surface area contributed by atoms with Crippen LogP contribution in [0.4, 0.5) is 0 Å². The maximum atomic E-state index is 5.82. The Morgan fingerprint density at radius 2 is 1.84 bits per heavy atom. The van der Waals surface area contributed by atoms with E-state index in [-0.39, 0.29) is 0 Å². The van der Waals surface area contributed by atoms with Gasteiger partial charge in [0.2, 0.25) is 0 Å². The van der Waals surface area contributed by atoms with E-state index in [1.807, 2.05) is 42.5 Å². The zero-order valence-electron chi connectivity index (χ0n) is 10.8. The first kappa shape index (κ1) is 13.6. The number of hydrogen-bond acceptors (Lipinski definition) is 2. The number of hydrogen-bond donors (Lipinski definition) is 0. The van der Waals surface area contributed by atoms with Gasteiger partial charge in [-0.1, -0.05) is 60.1 Å². The van der Waals surface area contributed by atoms with Gasteiger partial charge in [-0.15, -0.1) is 0 Å². The van der Waals surface area contributed by atoms with Crippen molar-refractivity contribution in [3.05, 3.63) is 70.2 Å². The molecule has 2 nitrogen and oxygen atoms in total. The first-order valence-electron chi connectivity index (χ1n) is 6.27. The van der Waals surface area contributed by atoms with Gasteiger partial charge >= 0.3 is 0 Å². The molecule has 0 aliphatic carbocycles. The van der Waals surface area contributed by atoms with Crippen LogP contribution in [0.15, 0.2) is 53.7 Å². The second kappa shape index (κ2) is 6.95. The Bertz CT molecular complexity index is 549. The molecule has 2 rings (SSSR count). The highest BCUT2D eigenvalue weighted by molar-refractivity contribution is 6.30. The van der Waals surface area contributed by atoms with Gasteiger partial charge in [-0.05, 0) is 35.2 Å². The molecule has 0 saturated heterocycles. The van der Waals surface area contributed by atoms with Crippen LogP contribution in [-0.4, -0.2) is 6.21 Å². The van der Waals surface area contributed by atoms with Gasteiger partial charge in [-0.3, -0.25) is 0 Å². The van der Waals surface area contributed by atoms with E-state index in [2.05, 4.69) is 18.1 Å². The van der Waals surface area contributed by atoms with Gasteiger partial charge in [0.25, 0.3) is 0 Å². The highest BCUT2D eigenvalue weighted by Gasteiger charge is 1.96. The Kier molecular flexibility index (Phi) is 4.99. The second-order valence-electron chi connectivity index (χ2n) is 4.19. The van der Waals surface area contributed by atoms with Gasteiger partial charge in [0, 0.05) is 5.02 Å². The lowest BCUT2D eigenvalue weighted by molar-refractivity contribution is 0.132. The van der Waals surface area contributed by atoms with Crippen molar-refractivity contribution in [2.75, 3.05) is 0 Å². The van der Waals surface area contributed by atoms with Crippen molar-refractivity contribution in [2.24, 2.45) is 5.16 Å². The first-order chi connectivity index (χ1) is 9.29. The third-order valence-electron chi connectivity index (χ3n) is 2.85. The zero-order chi connectivity index (χ0) is 13.5. The van der Waals surface area contributed by atoms with Crippen LogP contribution in [0, 0.1) is 0 Å². The minimum Gasteiger partial charge on any atom is -0.391 e. The molecule has 0 aliphatic rings. The van der Waals surface area contributed by atoms with Crippen LogP contribution in [-0.2, 0) is 17.9 Å². The fraction of sp³-hybridized carbons (Fsp3) is 0.188. The van der Waals surface area contributed by atoms with E-state index in [1.165, 1.54) is 5.56 Å². The largest absolute Gasteiger partial charge is 0.391 e. The topological polar surface area (TPSA) is 21.6 Å². The lowest BCUT2D eigenvalue weighted by Gasteiger charge is -2.02. The Morgan fingerprint density at radius 1 is 1.11 bits per heavy atom. The Hall–Kier alpha value is -1.80. The molecule has 0 fully saturated rings. The zero-order valence-corrected chi connectivity index (χ0v) is 11.6. The van der Waals surface area contributed by atoms with Crippen molar-refractivity contribution in [3.63, 3.8) is 0 Å².